The molecule has 1 aliphatic rings. The lowest BCUT2D eigenvalue weighted by Gasteiger charge is -2.09. The highest BCUT2D eigenvalue weighted by molar-refractivity contribution is 6.03. The van der Waals surface area contributed by atoms with Crippen molar-refractivity contribution >= 4 is 23.2 Å². The molecule has 24 heavy (non-hydrogen) atoms. The summed E-state index contributed by atoms with van der Waals surface area (Å²) in [6, 6.07) is 12.7. The first kappa shape index (κ1) is 16.0. The molecule has 0 spiro atoms. The van der Waals surface area contributed by atoms with Crippen LogP contribution in [0.1, 0.15) is 6.42 Å². The van der Waals surface area contributed by atoms with E-state index in [1.54, 1.807) is 30.3 Å². The lowest BCUT2D eigenvalue weighted by molar-refractivity contribution is -0.122. The van der Waals surface area contributed by atoms with Gasteiger partial charge in [-0.05, 0) is 36.8 Å². The SMILES string of the molecule is COc1ccccc1NC(=O)C1CC1C(=O)Nc1cccc(F)c1. The van der Waals surface area contributed by atoms with Gasteiger partial charge in [-0.3, -0.25) is 9.59 Å². The van der Waals surface area contributed by atoms with Crippen LogP contribution >= 0.6 is 0 Å². The highest BCUT2D eigenvalue weighted by Gasteiger charge is 2.48. The molecule has 0 saturated heterocycles. The molecule has 2 atom stereocenters. The first-order chi connectivity index (χ1) is 11.6. The molecule has 2 aromatic rings. The van der Waals surface area contributed by atoms with E-state index in [1.165, 1.54) is 25.3 Å². The number of amides is 2. The van der Waals surface area contributed by atoms with Crippen LogP contribution in [0.15, 0.2) is 48.5 Å². The number of hydrogen-bond donors (Lipinski definition) is 2. The number of para-hydroxylation sites is 2. The molecule has 2 aromatic carbocycles. The van der Waals surface area contributed by atoms with E-state index in [0.29, 0.717) is 23.5 Å². The highest BCUT2D eigenvalue weighted by Crippen LogP contribution is 2.40. The van der Waals surface area contributed by atoms with Crippen LogP contribution in [0, 0.1) is 17.7 Å². The summed E-state index contributed by atoms with van der Waals surface area (Å²) < 4.78 is 18.3. The normalized spacial score (nSPS) is 18.6. The van der Waals surface area contributed by atoms with Crippen LogP contribution in [0.25, 0.3) is 0 Å². The van der Waals surface area contributed by atoms with Gasteiger partial charge in [0.2, 0.25) is 11.8 Å². The molecule has 2 amide bonds. The Morgan fingerprint density at radius 2 is 1.75 bits per heavy atom. The number of nitrogens with one attached hydrogen (secondary N) is 2. The van der Waals surface area contributed by atoms with E-state index in [4.69, 9.17) is 4.74 Å². The van der Waals surface area contributed by atoms with Crippen molar-refractivity contribution in [3.05, 3.63) is 54.3 Å². The average Bonchev–Trinajstić information content (AvgIpc) is 3.36. The number of carbonyl (C=O) groups is 2. The average molecular weight is 328 g/mol. The fraction of sp³-hybridized carbons (Fsp3) is 0.222. The second kappa shape index (κ2) is 6.70. The topological polar surface area (TPSA) is 67.4 Å². The van der Waals surface area contributed by atoms with Crippen molar-refractivity contribution in [1.82, 2.24) is 0 Å². The second-order valence-corrected chi connectivity index (χ2v) is 5.64. The van der Waals surface area contributed by atoms with Crippen LogP contribution in [0.4, 0.5) is 15.8 Å². The predicted molar refractivity (Wildman–Crippen MR) is 88.3 cm³/mol. The summed E-state index contributed by atoms with van der Waals surface area (Å²) in [7, 11) is 1.53. The van der Waals surface area contributed by atoms with E-state index >= 15 is 0 Å². The summed E-state index contributed by atoms with van der Waals surface area (Å²) in [5.74, 6) is -1.15. The Bertz CT molecular complexity index is 778. The summed E-state index contributed by atoms with van der Waals surface area (Å²) in [6.45, 7) is 0. The third kappa shape index (κ3) is 3.53. The Morgan fingerprint density at radius 3 is 2.46 bits per heavy atom. The van der Waals surface area contributed by atoms with Gasteiger partial charge in [-0.25, -0.2) is 4.39 Å². The number of ether oxygens (including phenoxy) is 1. The van der Waals surface area contributed by atoms with Gasteiger partial charge in [0.1, 0.15) is 11.6 Å². The number of benzene rings is 2. The van der Waals surface area contributed by atoms with Crippen LogP contribution in [0.3, 0.4) is 0 Å². The van der Waals surface area contributed by atoms with Crippen molar-refractivity contribution in [2.75, 3.05) is 17.7 Å². The molecule has 3 rings (SSSR count). The number of rotatable bonds is 5. The fourth-order valence-corrected chi connectivity index (χ4v) is 2.55. The maximum absolute atomic E-state index is 13.1. The molecule has 0 radical (unpaired) electrons. The smallest absolute Gasteiger partial charge is 0.228 e. The Morgan fingerprint density at radius 1 is 1.04 bits per heavy atom. The highest BCUT2D eigenvalue weighted by atomic mass is 19.1. The molecule has 5 nitrogen and oxygen atoms in total. The standard InChI is InChI=1S/C18H17FN2O3/c1-24-16-8-3-2-7-15(16)21-18(23)14-10-13(14)17(22)20-12-6-4-5-11(19)9-12/h2-9,13-14H,10H2,1H3,(H,20,22)(H,21,23). The van der Waals surface area contributed by atoms with Crippen molar-refractivity contribution in [2.24, 2.45) is 11.8 Å². The van der Waals surface area contributed by atoms with Crippen LogP contribution < -0.4 is 15.4 Å². The quantitative estimate of drug-likeness (QED) is 0.886. The third-order valence-electron chi connectivity index (χ3n) is 3.92. The van der Waals surface area contributed by atoms with E-state index in [2.05, 4.69) is 10.6 Å². The first-order valence-corrected chi connectivity index (χ1v) is 7.59. The zero-order valence-electron chi connectivity index (χ0n) is 13.1. The van der Waals surface area contributed by atoms with Gasteiger partial charge in [-0.15, -0.1) is 0 Å². The predicted octanol–water partition coefficient (Wildman–Crippen LogP) is 3.05. The molecule has 0 bridgehead atoms. The van der Waals surface area contributed by atoms with Gasteiger partial charge in [0.25, 0.3) is 0 Å². The zero-order valence-corrected chi connectivity index (χ0v) is 13.1. The van der Waals surface area contributed by atoms with Gasteiger partial charge in [-0.1, -0.05) is 18.2 Å². The number of halogens is 1. The number of hydrogen-bond acceptors (Lipinski definition) is 3. The molecule has 2 N–H and O–H groups in total. The van der Waals surface area contributed by atoms with Gasteiger partial charge in [-0.2, -0.15) is 0 Å². The molecule has 0 aliphatic heterocycles. The minimum absolute atomic E-state index is 0.223. The summed E-state index contributed by atoms with van der Waals surface area (Å²) in [5, 5.41) is 5.41. The molecule has 124 valence electrons. The van der Waals surface area contributed by atoms with Crippen LogP contribution in [0.2, 0.25) is 0 Å². The van der Waals surface area contributed by atoms with E-state index in [9.17, 15) is 14.0 Å². The van der Waals surface area contributed by atoms with Crippen molar-refractivity contribution in [1.29, 1.82) is 0 Å². The molecular weight excluding hydrogens is 311 g/mol. The monoisotopic (exact) mass is 328 g/mol. The molecule has 1 saturated carbocycles. The molecule has 6 heteroatoms. The lowest BCUT2D eigenvalue weighted by atomic mass is 10.2. The summed E-state index contributed by atoms with van der Waals surface area (Å²) in [6.07, 6.45) is 0.474. The van der Waals surface area contributed by atoms with Crippen LogP contribution in [-0.2, 0) is 9.59 Å². The second-order valence-electron chi connectivity index (χ2n) is 5.64. The van der Waals surface area contributed by atoms with Gasteiger partial charge < -0.3 is 15.4 Å². The van der Waals surface area contributed by atoms with Crippen molar-refractivity contribution < 1.29 is 18.7 Å². The summed E-state index contributed by atoms with van der Waals surface area (Å²) >= 11 is 0. The van der Waals surface area contributed by atoms with E-state index in [-0.39, 0.29) is 17.7 Å². The Labute approximate surface area is 138 Å². The van der Waals surface area contributed by atoms with E-state index < -0.39 is 11.7 Å². The molecular formula is C18H17FN2O3. The van der Waals surface area contributed by atoms with Gasteiger partial charge in [0, 0.05) is 5.69 Å². The largest absolute Gasteiger partial charge is 0.495 e. The fourth-order valence-electron chi connectivity index (χ4n) is 2.55. The maximum Gasteiger partial charge on any atom is 0.228 e. The lowest BCUT2D eigenvalue weighted by Crippen LogP contribution is -2.20. The Balaban J connectivity index is 1.58. The number of anilines is 2. The molecule has 1 aliphatic carbocycles. The van der Waals surface area contributed by atoms with Crippen molar-refractivity contribution in [3.63, 3.8) is 0 Å². The minimum Gasteiger partial charge on any atom is -0.495 e. The van der Waals surface area contributed by atoms with Crippen LogP contribution in [0.5, 0.6) is 5.75 Å². The van der Waals surface area contributed by atoms with Crippen molar-refractivity contribution in [3.8, 4) is 5.75 Å². The van der Waals surface area contributed by atoms with Crippen LogP contribution in [-0.4, -0.2) is 18.9 Å². The van der Waals surface area contributed by atoms with Crippen molar-refractivity contribution in [2.45, 2.75) is 6.42 Å². The molecule has 2 unspecified atom stereocenters. The molecule has 0 aromatic heterocycles. The van der Waals surface area contributed by atoms with Gasteiger partial charge in [0.05, 0.1) is 24.6 Å². The Hall–Kier alpha value is -2.89. The van der Waals surface area contributed by atoms with E-state index in [1.807, 2.05) is 0 Å². The Kier molecular flexibility index (Phi) is 4.46. The van der Waals surface area contributed by atoms with Gasteiger partial charge >= 0.3 is 0 Å². The summed E-state index contributed by atoms with van der Waals surface area (Å²) in [5.41, 5.74) is 0.956. The third-order valence-corrected chi connectivity index (χ3v) is 3.92. The summed E-state index contributed by atoms with van der Waals surface area (Å²) in [4.78, 5) is 24.4. The number of methoxy groups -OCH3 is 1. The zero-order chi connectivity index (χ0) is 17.1. The minimum atomic E-state index is -0.422. The molecule has 0 heterocycles. The maximum atomic E-state index is 13.1. The van der Waals surface area contributed by atoms with E-state index in [0.717, 1.165) is 0 Å². The first-order valence-electron chi connectivity index (χ1n) is 7.59. The van der Waals surface area contributed by atoms with Gasteiger partial charge in [0.15, 0.2) is 0 Å². The number of carbonyl (C=O) groups excluding carboxylic acids is 2. The molecule has 1 fully saturated rings.